The van der Waals surface area contributed by atoms with Gasteiger partial charge in [-0.3, -0.25) is 9.69 Å². The van der Waals surface area contributed by atoms with Gasteiger partial charge in [-0.15, -0.1) is 0 Å². The van der Waals surface area contributed by atoms with Gasteiger partial charge in [-0.1, -0.05) is 65.9 Å². The highest BCUT2D eigenvalue weighted by Crippen LogP contribution is 2.51. The van der Waals surface area contributed by atoms with Crippen LogP contribution in [0.25, 0.3) is 16.7 Å². The van der Waals surface area contributed by atoms with Gasteiger partial charge in [0.2, 0.25) is 5.91 Å². The van der Waals surface area contributed by atoms with Crippen LogP contribution < -0.4 is 5.32 Å². The van der Waals surface area contributed by atoms with E-state index in [1.165, 1.54) is 44.9 Å². The summed E-state index contributed by atoms with van der Waals surface area (Å²) in [7, 11) is 0. The predicted molar refractivity (Wildman–Crippen MR) is 153 cm³/mol. The number of fused-ring (bicyclic) bond motifs is 4. The summed E-state index contributed by atoms with van der Waals surface area (Å²) in [5, 5.41) is 3.00. The number of nitrogens with one attached hydrogen (secondary N) is 1. The molecule has 0 spiro atoms. The molecule has 2 saturated heterocycles. The summed E-state index contributed by atoms with van der Waals surface area (Å²) in [5.74, 6) is -0.0560. The van der Waals surface area contributed by atoms with Crippen LogP contribution in [0.2, 0.25) is 0 Å². The Bertz CT molecular complexity index is 1540. The highest BCUT2D eigenvalue weighted by molar-refractivity contribution is 7.99. The molecule has 2 unspecified atom stereocenters. The van der Waals surface area contributed by atoms with Crippen LogP contribution in [0.1, 0.15) is 49.3 Å². The molecule has 3 aromatic carbocycles. The number of hydrogen-bond donors (Lipinski definition) is 1. The van der Waals surface area contributed by atoms with E-state index in [-0.39, 0.29) is 5.91 Å². The Hall–Kier alpha value is -3.54. The Morgan fingerprint density at radius 1 is 0.921 bits per heavy atom. The molecule has 4 nitrogen and oxygen atoms in total. The van der Waals surface area contributed by atoms with Crippen LogP contribution in [-0.4, -0.2) is 22.9 Å². The van der Waals surface area contributed by atoms with E-state index in [0.29, 0.717) is 12.1 Å². The third-order valence-electron chi connectivity index (χ3n) is 8.21. The average Bonchev–Trinajstić information content (AvgIpc) is 3.51. The van der Waals surface area contributed by atoms with Crippen LogP contribution in [0.15, 0.2) is 105 Å². The van der Waals surface area contributed by atoms with E-state index in [0.717, 1.165) is 36.2 Å². The van der Waals surface area contributed by atoms with Crippen LogP contribution in [0, 0.1) is 0 Å². The number of amides is 1. The molecular weight excluding hydrogens is 488 g/mol. The lowest BCUT2D eigenvalue weighted by Gasteiger charge is -2.38. The smallest absolute Gasteiger partial charge is 0.221 e. The standard InChI is InChI=1S/C33H30N2O2S/c1-21(36)34-30-8-4-2-6-27(30)23-10-13-29-32(18-23)38-31-9-5-3-7-28(31)33(29)24-16-25-11-12-26(17-24)35(25)19-22-14-15-37-20-22/h2-10,13-15,18,20,25-26H,11-12,16-17,19H2,1H3,(H,34,36). The first kappa shape index (κ1) is 23.6. The van der Waals surface area contributed by atoms with Gasteiger partial charge < -0.3 is 9.73 Å². The van der Waals surface area contributed by atoms with Crippen LogP contribution >= 0.6 is 11.8 Å². The van der Waals surface area contributed by atoms with Crippen molar-refractivity contribution in [1.82, 2.24) is 4.90 Å². The number of para-hydroxylation sites is 1. The normalized spacial score (nSPS) is 20.2. The third kappa shape index (κ3) is 4.20. The Kier molecular flexibility index (Phi) is 5.98. The van der Waals surface area contributed by atoms with Crippen molar-refractivity contribution in [3.05, 3.63) is 108 Å². The van der Waals surface area contributed by atoms with Crippen LogP contribution in [0.3, 0.4) is 0 Å². The first-order chi connectivity index (χ1) is 18.6. The van der Waals surface area contributed by atoms with Gasteiger partial charge in [0.1, 0.15) is 0 Å². The zero-order valence-electron chi connectivity index (χ0n) is 21.4. The van der Waals surface area contributed by atoms with E-state index in [1.807, 2.05) is 36.2 Å². The quantitative estimate of drug-likeness (QED) is 0.262. The van der Waals surface area contributed by atoms with Gasteiger partial charge in [0.05, 0.1) is 12.5 Å². The maximum atomic E-state index is 11.8. The van der Waals surface area contributed by atoms with Gasteiger partial charge in [0, 0.05) is 52.2 Å². The van der Waals surface area contributed by atoms with Crippen LogP contribution in [0.4, 0.5) is 5.69 Å². The number of nitrogens with zero attached hydrogens (tertiary/aromatic N) is 1. The maximum Gasteiger partial charge on any atom is 0.221 e. The molecule has 0 radical (unpaired) electrons. The number of furan rings is 1. The molecule has 1 amide bonds. The van der Waals surface area contributed by atoms with E-state index in [4.69, 9.17) is 4.42 Å². The molecule has 2 atom stereocenters. The molecule has 38 heavy (non-hydrogen) atoms. The van der Waals surface area contributed by atoms with Gasteiger partial charge in [0.15, 0.2) is 0 Å². The minimum atomic E-state index is -0.0560. The second kappa shape index (κ2) is 9.64. The molecule has 1 N–H and O–H groups in total. The molecule has 2 fully saturated rings. The van der Waals surface area contributed by atoms with Crippen molar-refractivity contribution in [1.29, 1.82) is 0 Å². The summed E-state index contributed by atoms with van der Waals surface area (Å²) in [6, 6.07) is 27.0. The molecule has 5 heteroatoms. The molecule has 7 rings (SSSR count). The van der Waals surface area contributed by atoms with E-state index in [2.05, 4.69) is 64.8 Å². The zero-order chi connectivity index (χ0) is 25.6. The Morgan fingerprint density at radius 2 is 1.66 bits per heavy atom. The lowest BCUT2D eigenvalue weighted by molar-refractivity contribution is -0.114. The first-order valence-corrected chi connectivity index (χ1v) is 14.2. The Balaban J connectivity index is 1.29. The minimum absolute atomic E-state index is 0.0560. The minimum Gasteiger partial charge on any atom is -0.472 e. The third-order valence-corrected chi connectivity index (χ3v) is 9.34. The lowest BCUT2D eigenvalue weighted by Crippen LogP contribution is -2.40. The predicted octanol–water partition coefficient (Wildman–Crippen LogP) is 8.00. The summed E-state index contributed by atoms with van der Waals surface area (Å²) >= 11 is 1.86. The number of carbonyl (C=O) groups is 1. The Morgan fingerprint density at radius 3 is 2.42 bits per heavy atom. The molecule has 0 aliphatic carbocycles. The fourth-order valence-corrected chi connectivity index (χ4v) is 7.71. The summed E-state index contributed by atoms with van der Waals surface area (Å²) in [4.78, 5) is 17.1. The largest absolute Gasteiger partial charge is 0.472 e. The van der Waals surface area contributed by atoms with Crippen molar-refractivity contribution in [2.24, 2.45) is 0 Å². The lowest BCUT2D eigenvalue weighted by atomic mass is 9.84. The van der Waals surface area contributed by atoms with E-state index in [1.54, 1.807) is 18.8 Å². The molecule has 3 aliphatic heterocycles. The average molecular weight is 519 g/mol. The second-order valence-electron chi connectivity index (χ2n) is 10.6. The number of rotatable bonds is 4. The highest BCUT2D eigenvalue weighted by Gasteiger charge is 2.40. The molecule has 0 saturated carbocycles. The molecule has 190 valence electrons. The molecule has 3 aliphatic rings. The van der Waals surface area contributed by atoms with Crippen LogP contribution in [0.5, 0.6) is 0 Å². The van der Waals surface area contributed by atoms with E-state index in [9.17, 15) is 4.79 Å². The number of anilines is 1. The van der Waals surface area contributed by atoms with Gasteiger partial charge in [-0.05, 0) is 72.2 Å². The number of benzene rings is 3. The number of carbonyl (C=O) groups excluding carboxylic acids is 1. The number of hydrogen-bond acceptors (Lipinski definition) is 4. The molecule has 2 bridgehead atoms. The van der Waals surface area contributed by atoms with Gasteiger partial charge >= 0.3 is 0 Å². The van der Waals surface area contributed by atoms with Crippen molar-refractivity contribution in [2.75, 3.05) is 5.32 Å². The highest BCUT2D eigenvalue weighted by atomic mass is 32.2. The van der Waals surface area contributed by atoms with Gasteiger partial charge in [-0.2, -0.15) is 0 Å². The van der Waals surface area contributed by atoms with Crippen molar-refractivity contribution in [2.45, 2.75) is 61.0 Å². The molecule has 4 aromatic rings. The maximum absolute atomic E-state index is 11.8. The summed E-state index contributed by atoms with van der Waals surface area (Å²) < 4.78 is 5.35. The van der Waals surface area contributed by atoms with Crippen molar-refractivity contribution in [3.63, 3.8) is 0 Å². The fourth-order valence-electron chi connectivity index (χ4n) is 6.58. The SMILES string of the molecule is CC(=O)Nc1ccccc1-c1ccc2c(c1)Sc1ccccc1C2=C1CC2CCC(C1)N2Cc1ccoc1. The number of piperidine rings is 1. The van der Waals surface area contributed by atoms with Gasteiger partial charge in [-0.25, -0.2) is 0 Å². The van der Waals surface area contributed by atoms with Crippen molar-refractivity contribution in [3.8, 4) is 11.1 Å². The van der Waals surface area contributed by atoms with Gasteiger partial charge in [0.25, 0.3) is 0 Å². The van der Waals surface area contributed by atoms with Crippen molar-refractivity contribution >= 4 is 28.9 Å². The summed E-state index contributed by atoms with van der Waals surface area (Å²) in [6.45, 7) is 2.54. The summed E-state index contributed by atoms with van der Waals surface area (Å²) in [5.41, 5.74) is 10.0. The second-order valence-corrected chi connectivity index (χ2v) is 11.7. The Labute approximate surface area is 227 Å². The molecular formula is C33H30N2O2S. The fraction of sp³-hybridized carbons (Fsp3) is 0.242. The monoisotopic (exact) mass is 518 g/mol. The van der Waals surface area contributed by atoms with E-state index < -0.39 is 0 Å². The molecule has 1 aromatic heterocycles. The topological polar surface area (TPSA) is 45.5 Å². The van der Waals surface area contributed by atoms with Crippen molar-refractivity contribution < 1.29 is 9.21 Å². The molecule has 4 heterocycles. The first-order valence-electron chi connectivity index (χ1n) is 13.4. The zero-order valence-corrected chi connectivity index (χ0v) is 22.3. The summed E-state index contributed by atoms with van der Waals surface area (Å²) in [6.07, 6.45) is 8.44. The van der Waals surface area contributed by atoms with E-state index >= 15 is 0 Å². The van der Waals surface area contributed by atoms with Crippen LogP contribution in [-0.2, 0) is 11.3 Å².